The van der Waals surface area contributed by atoms with Crippen LogP contribution in [0.5, 0.6) is 5.75 Å². The Kier molecular flexibility index (Phi) is 6.98. The molecule has 176 valence electrons. The summed E-state index contributed by atoms with van der Waals surface area (Å²) >= 11 is 1.73. The Morgan fingerprint density at radius 2 is 1.76 bits per heavy atom. The topological polar surface area (TPSA) is 71.3 Å². The molecule has 6 nitrogen and oxygen atoms in total. The zero-order chi connectivity index (χ0) is 23.6. The Bertz CT molecular complexity index is 1180. The van der Waals surface area contributed by atoms with Gasteiger partial charge in [0.1, 0.15) is 10.8 Å². The molecule has 0 bridgehead atoms. The summed E-state index contributed by atoms with van der Waals surface area (Å²) in [7, 11) is -1.89. The molecular formula is C25H31N3O3S2. The third-order valence-corrected chi connectivity index (χ3v) is 9.34. The minimum absolute atomic E-state index is 0.389. The van der Waals surface area contributed by atoms with Crippen LogP contribution < -0.4 is 4.74 Å². The Morgan fingerprint density at radius 1 is 1.06 bits per heavy atom. The van der Waals surface area contributed by atoms with Crippen LogP contribution in [0.3, 0.4) is 0 Å². The smallest absolute Gasteiger partial charge is 0.243 e. The molecular weight excluding hydrogens is 454 g/mol. The molecule has 33 heavy (non-hydrogen) atoms. The Labute approximate surface area is 201 Å². The average molecular weight is 486 g/mol. The fraction of sp³-hybridized carbons (Fsp3) is 0.440. The lowest BCUT2D eigenvalue weighted by Gasteiger charge is -2.34. The van der Waals surface area contributed by atoms with Crippen molar-refractivity contribution < 1.29 is 13.2 Å². The lowest BCUT2D eigenvalue weighted by Crippen LogP contribution is -2.44. The largest absolute Gasteiger partial charge is 0.497 e. The van der Waals surface area contributed by atoms with Crippen molar-refractivity contribution in [3.05, 3.63) is 59.2 Å². The number of rotatable bonds is 6. The molecule has 2 aromatic rings. The Balaban J connectivity index is 1.58. The van der Waals surface area contributed by atoms with Crippen molar-refractivity contribution in [3.8, 4) is 5.75 Å². The summed E-state index contributed by atoms with van der Waals surface area (Å²) in [4.78, 5) is 10.5. The molecule has 2 aliphatic rings. The lowest BCUT2D eigenvalue weighted by atomic mass is 10.00. The van der Waals surface area contributed by atoms with E-state index >= 15 is 0 Å². The molecule has 0 saturated carbocycles. The highest BCUT2D eigenvalue weighted by Gasteiger charge is 2.42. The van der Waals surface area contributed by atoms with Gasteiger partial charge in [0.25, 0.3) is 0 Å². The van der Waals surface area contributed by atoms with Gasteiger partial charge in [0, 0.05) is 31.5 Å². The first-order valence-electron chi connectivity index (χ1n) is 11.3. The number of ether oxygens (including phenoxy) is 1. The molecule has 0 radical (unpaired) electrons. The fourth-order valence-corrected chi connectivity index (χ4v) is 6.87. The van der Waals surface area contributed by atoms with Crippen LogP contribution in [-0.4, -0.2) is 55.1 Å². The molecule has 2 heterocycles. The molecule has 0 atom stereocenters. The summed E-state index contributed by atoms with van der Waals surface area (Å²) in [5, 5.41) is 0.952. The van der Waals surface area contributed by atoms with Gasteiger partial charge in [0.15, 0.2) is 5.66 Å². The van der Waals surface area contributed by atoms with Gasteiger partial charge in [-0.15, -0.1) is 11.8 Å². The first-order valence-corrected chi connectivity index (χ1v) is 13.8. The van der Waals surface area contributed by atoms with Crippen LogP contribution in [0.15, 0.2) is 57.3 Å². The summed E-state index contributed by atoms with van der Waals surface area (Å²) in [6.45, 7) is 6.79. The van der Waals surface area contributed by atoms with Crippen molar-refractivity contribution in [1.29, 1.82) is 0 Å². The zero-order valence-electron chi connectivity index (χ0n) is 19.7. The number of aliphatic imine (C=N–C) groups is 2. The Hall–Kier alpha value is -2.16. The van der Waals surface area contributed by atoms with Crippen molar-refractivity contribution >= 4 is 32.5 Å². The molecule has 1 spiro atoms. The van der Waals surface area contributed by atoms with Gasteiger partial charge in [-0.1, -0.05) is 24.6 Å². The number of methoxy groups -OCH3 is 1. The minimum atomic E-state index is -3.54. The van der Waals surface area contributed by atoms with E-state index in [0.29, 0.717) is 30.8 Å². The van der Waals surface area contributed by atoms with E-state index in [1.807, 2.05) is 50.2 Å². The molecule has 0 unspecified atom stereocenters. The predicted octanol–water partition coefficient (Wildman–Crippen LogP) is 4.84. The van der Waals surface area contributed by atoms with Gasteiger partial charge < -0.3 is 4.74 Å². The Morgan fingerprint density at radius 3 is 2.36 bits per heavy atom. The summed E-state index contributed by atoms with van der Waals surface area (Å²) in [5.41, 5.74) is 3.18. The van der Waals surface area contributed by atoms with Crippen molar-refractivity contribution in [2.24, 2.45) is 9.98 Å². The monoisotopic (exact) mass is 485 g/mol. The summed E-state index contributed by atoms with van der Waals surface area (Å²) in [6, 6.07) is 13.4. The highest BCUT2D eigenvalue weighted by atomic mass is 32.2. The first-order chi connectivity index (χ1) is 15.8. The maximum absolute atomic E-state index is 13.3. The molecule has 1 fully saturated rings. The third-order valence-electron chi connectivity index (χ3n) is 6.11. The second kappa shape index (κ2) is 9.60. The molecule has 4 rings (SSSR count). The van der Waals surface area contributed by atoms with Gasteiger partial charge in [-0.2, -0.15) is 4.31 Å². The van der Waals surface area contributed by atoms with E-state index in [1.54, 1.807) is 29.2 Å². The normalized spacial score (nSPS) is 18.3. The summed E-state index contributed by atoms with van der Waals surface area (Å²) in [5.74, 6) is 1.77. The number of piperidine rings is 1. The van der Waals surface area contributed by atoms with E-state index in [9.17, 15) is 8.42 Å². The van der Waals surface area contributed by atoms with Crippen molar-refractivity contribution in [2.45, 2.75) is 50.6 Å². The molecule has 0 aliphatic carbocycles. The predicted molar refractivity (Wildman–Crippen MR) is 136 cm³/mol. The van der Waals surface area contributed by atoms with Gasteiger partial charge in [-0.3, -0.25) is 4.99 Å². The van der Waals surface area contributed by atoms with Crippen LogP contribution in [-0.2, 0) is 10.0 Å². The minimum Gasteiger partial charge on any atom is -0.497 e. The standard InChI is InChI=1S/C25H31N3O3S2/c1-5-16-32-24-23(20-7-9-21(31-4)10-8-20)26-25(27-24)12-14-28(15-13-25)33(29,30)22-11-6-18(2)17-19(22)3/h6-11,17H,5,12-16H2,1-4H3. The molecule has 0 N–H and O–H groups in total. The van der Waals surface area contributed by atoms with E-state index in [1.165, 1.54) is 0 Å². The molecule has 0 amide bonds. The quantitative estimate of drug-likeness (QED) is 0.587. The van der Waals surface area contributed by atoms with Crippen LogP contribution >= 0.6 is 11.8 Å². The van der Waals surface area contributed by atoms with Gasteiger partial charge in [-0.05, 0) is 61.9 Å². The van der Waals surface area contributed by atoms with Crippen LogP contribution in [0.25, 0.3) is 0 Å². The van der Waals surface area contributed by atoms with E-state index in [2.05, 4.69) is 6.92 Å². The van der Waals surface area contributed by atoms with Gasteiger partial charge in [0.2, 0.25) is 10.0 Å². The van der Waals surface area contributed by atoms with Crippen LogP contribution in [0.2, 0.25) is 0 Å². The van der Waals surface area contributed by atoms with E-state index < -0.39 is 15.7 Å². The average Bonchev–Trinajstić information content (AvgIpc) is 3.15. The van der Waals surface area contributed by atoms with Crippen LogP contribution in [0, 0.1) is 13.8 Å². The number of hydrogen-bond acceptors (Lipinski definition) is 6. The molecule has 2 aliphatic heterocycles. The van der Waals surface area contributed by atoms with Crippen molar-refractivity contribution in [3.63, 3.8) is 0 Å². The molecule has 0 aromatic heterocycles. The molecule has 8 heteroatoms. The number of sulfonamides is 1. The zero-order valence-corrected chi connectivity index (χ0v) is 21.3. The first kappa shape index (κ1) is 24.0. The third kappa shape index (κ3) is 4.88. The van der Waals surface area contributed by atoms with Crippen LogP contribution in [0.1, 0.15) is 42.9 Å². The number of aryl methyl sites for hydroxylation is 2. The lowest BCUT2D eigenvalue weighted by molar-refractivity contribution is 0.249. The van der Waals surface area contributed by atoms with Gasteiger partial charge in [0.05, 0.1) is 17.7 Å². The van der Waals surface area contributed by atoms with E-state index in [4.69, 9.17) is 14.7 Å². The highest BCUT2D eigenvalue weighted by Crippen LogP contribution is 2.37. The fourth-order valence-electron chi connectivity index (χ4n) is 4.30. The second-order valence-corrected chi connectivity index (χ2v) is 11.6. The summed E-state index contributed by atoms with van der Waals surface area (Å²) < 4.78 is 33.5. The maximum Gasteiger partial charge on any atom is 0.243 e. The maximum atomic E-state index is 13.3. The second-order valence-electron chi connectivity index (χ2n) is 8.61. The van der Waals surface area contributed by atoms with Crippen molar-refractivity contribution in [1.82, 2.24) is 4.31 Å². The van der Waals surface area contributed by atoms with Crippen LogP contribution in [0.4, 0.5) is 0 Å². The number of nitrogens with zero attached hydrogens (tertiary/aromatic N) is 3. The number of benzene rings is 2. The molecule has 2 aromatic carbocycles. The number of hydrogen-bond donors (Lipinski definition) is 0. The summed E-state index contributed by atoms with van der Waals surface area (Å²) in [6.07, 6.45) is 2.20. The SMILES string of the molecule is CCCSC1=NC2(CCN(S(=O)(=O)c3ccc(C)cc3C)CC2)N=C1c1ccc(OC)cc1. The number of thioether (sulfide) groups is 1. The van der Waals surface area contributed by atoms with Gasteiger partial charge in [-0.25, -0.2) is 13.4 Å². The van der Waals surface area contributed by atoms with Gasteiger partial charge >= 0.3 is 0 Å². The highest BCUT2D eigenvalue weighted by molar-refractivity contribution is 8.15. The van der Waals surface area contributed by atoms with E-state index in [-0.39, 0.29) is 0 Å². The van der Waals surface area contributed by atoms with Crippen molar-refractivity contribution in [2.75, 3.05) is 26.0 Å². The molecule has 1 saturated heterocycles. The van der Waals surface area contributed by atoms with E-state index in [0.717, 1.165) is 45.4 Å².